The van der Waals surface area contributed by atoms with Crippen LogP contribution in [-0.2, 0) is 9.53 Å². The SMILES string of the molecule is CC(C)(C)OC(=O)N1CCNCC1C(=O)C(c1ccc(OC(F)(F)F)cc1)C1(O)CCC1. The van der Waals surface area contributed by atoms with E-state index in [-0.39, 0.29) is 18.9 Å². The summed E-state index contributed by atoms with van der Waals surface area (Å²) in [5.41, 5.74) is -1.68. The zero-order valence-corrected chi connectivity index (χ0v) is 18.4. The number of hydrogen-bond donors (Lipinski definition) is 2. The number of ketones is 1. The van der Waals surface area contributed by atoms with E-state index >= 15 is 0 Å². The number of piperazine rings is 1. The maximum Gasteiger partial charge on any atom is 0.573 e. The number of carbonyl (C=O) groups excluding carboxylic acids is 2. The predicted octanol–water partition coefficient (Wildman–Crippen LogP) is 3.36. The lowest BCUT2D eigenvalue weighted by Gasteiger charge is -2.45. The second-order valence-corrected chi connectivity index (χ2v) is 9.30. The average molecular weight is 458 g/mol. The van der Waals surface area contributed by atoms with Crippen LogP contribution < -0.4 is 10.1 Å². The van der Waals surface area contributed by atoms with Crippen LogP contribution in [0.5, 0.6) is 5.75 Å². The van der Waals surface area contributed by atoms with Crippen LogP contribution in [-0.4, -0.2) is 65.1 Å². The molecule has 3 rings (SSSR count). The van der Waals surface area contributed by atoms with Crippen molar-refractivity contribution < 1.29 is 37.3 Å². The molecule has 1 aromatic rings. The zero-order valence-electron chi connectivity index (χ0n) is 18.4. The van der Waals surface area contributed by atoms with Crippen LogP contribution in [0.3, 0.4) is 0 Å². The normalized spacial score (nSPS) is 22.0. The van der Waals surface area contributed by atoms with E-state index in [2.05, 4.69) is 10.1 Å². The van der Waals surface area contributed by atoms with Crippen LogP contribution in [0.1, 0.15) is 51.5 Å². The summed E-state index contributed by atoms with van der Waals surface area (Å²) >= 11 is 0. The molecule has 1 heterocycles. The number of nitrogens with zero attached hydrogens (tertiary/aromatic N) is 1. The monoisotopic (exact) mass is 458 g/mol. The fourth-order valence-electron chi connectivity index (χ4n) is 4.12. The van der Waals surface area contributed by atoms with Crippen LogP contribution in [0.4, 0.5) is 18.0 Å². The van der Waals surface area contributed by atoms with Crippen molar-refractivity contribution in [1.29, 1.82) is 0 Å². The molecule has 2 atom stereocenters. The van der Waals surface area contributed by atoms with Gasteiger partial charge in [-0.25, -0.2) is 4.79 Å². The number of halogens is 3. The molecule has 178 valence electrons. The molecule has 1 saturated carbocycles. The summed E-state index contributed by atoms with van der Waals surface area (Å²) in [4.78, 5) is 27.8. The van der Waals surface area contributed by atoms with Gasteiger partial charge in [-0.15, -0.1) is 13.2 Å². The first-order valence-corrected chi connectivity index (χ1v) is 10.6. The Labute approximate surface area is 184 Å². The minimum Gasteiger partial charge on any atom is -0.444 e. The summed E-state index contributed by atoms with van der Waals surface area (Å²) in [6, 6.07) is 4.08. The van der Waals surface area contributed by atoms with Gasteiger partial charge in [-0.3, -0.25) is 9.69 Å². The molecule has 0 aromatic heterocycles. The number of Topliss-reactive ketones (excluding diaryl/α,β-unsaturated/α-hetero) is 1. The van der Waals surface area contributed by atoms with Gasteiger partial charge in [0.1, 0.15) is 17.4 Å². The number of amides is 1. The summed E-state index contributed by atoms with van der Waals surface area (Å²) in [6.45, 7) is 6.13. The molecule has 1 aliphatic carbocycles. The van der Waals surface area contributed by atoms with E-state index in [0.29, 0.717) is 24.9 Å². The Morgan fingerprint density at radius 1 is 1.19 bits per heavy atom. The Morgan fingerprint density at radius 2 is 1.81 bits per heavy atom. The fourth-order valence-corrected chi connectivity index (χ4v) is 4.12. The van der Waals surface area contributed by atoms with Gasteiger partial charge < -0.3 is 19.9 Å². The Balaban J connectivity index is 1.88. The maximum absolute atomic E-state index is 13.7. The highest BCUT2D eigenvalue weighted by molar-refractivity contribution is 5.94. The minimum absolute atomic E-state index is 0.194. The largest absolute Gasteiger partial charge is 0.573 e. The number of rotatable bonds is 5. The zero-order chi connectivity index (χ0) is 23.7. The van der Waals surface area contributed by atoms with E-state index < -0.39 is 41.4 Å². The van der Waals surface area contributed by atoms with Gasteiger partial charge in [0.15, 0.2) is 5.78 Å². The van der Waals surface area contributed by atoms with Crippen LogP contribution >= 0.6 is 0 Å². The van der Waals surface area contributed by atoms with Gasteiger partial charge in [0.05, 0.1) is 11.5 Å². The summed E-state index contributed by atoms with van der Waals surface area (Å²) < 4.78 is 46.8. The third kappa shape index (κ3) is 5.72. The van der Waals surface area contributed by atoms with Gasteiger partial charge in [0.25, 0.3) is 0 Å². The van der Waals surface area contributed by atoms with Crippen molar-refractivity contribution in [1.82, 2.24) is 10.2 Å². The number of hydrogen-bond acceptors (Lipinski definition) is 6. The van der Waals surface area contributed by atoms with Crippen molar-refractivity contribution in [3.8, 4) is 5.75 Å². The summed E-state index contributed by atoms with van der Waals surface area (Å²) in [6.07, 6.45) is -3.95. The first-order valence-electron chi connectivity index (χ1n) is 10.6. The van der Waals surface area contributed by atoms with Gasteiger partial charge in [0.2, 0.25) is 0 Å². The Kier molecular flexibility index (Phi) is 6.76. The lowest BCUT2D eigenvalue weighted by molar-refractivity contribution is -0.274. The number of benzene rings is 1. The summed E-state index contributed by atoms with van der Waals surface area (Å²) in [5.74, 6) is -1.79. The molecule has 0 radical (unpaired) electrons. The predicted molar refractivity (Wildman–Crippen MR) is 109 cm³/mol. The van der Waals surface area contributed by atoms with Crippen LogP contribution in [0, 0.1) is 0 Å². The molecule has 1 saturated heterocycles. The fraction of sp³-hybridized carbons (Fsp3) is 0.636. The van der Waals surface area contributed by atoms with E-state index in [0.717, 1.165) is 18.6 Å². The van der Waals surface area contributed by atoms with E-state index in [9.17, 15) is 27.9 Å². The highest BCUT2D eigenvalue weighted by Crippen LogP contribution is 2.45. The highest BCUT2D eigenvalue weighted by atomic mass is 19.4. The Hall–Kier alpha value is -2.33. The van der Waals surface area contributed by atoms with Gasteiger partial charge in [-0.2, -0.15) is 0 Å². The van der Waals surface area contributed by atoms with Crippen molar-refractivity contribution in [2.45, 2.75) is 69.6 Å². The second kappa shape index (κ2) is 8.90. The van der Waals surface area contributed by atoms with Gasteiger partial charge in [-0.1, -0.05) is 12.1 Å². The van der Waals surface area contributed by atoms with Gasteiger partial charge in [0, 0.05) is 19.6 Å². The number of alkyl halides is 3. The van der Waals surface area contributed by atoms with E-state index in [4.69, 9.17) is 4.74 Å². The molecule has 1 aromatic carbocycles. The standard InChI is InChI=1S/C22H29F3N2O5/c1-20(2,3)32-19(29)27-12-11-26-13-16(27)18(28)17(21(30)9-4-10-21)14-5-7-15(8-6-14)31-22(23,24)25/h5-8,16-17,26,30H,4,9-13H2,1-3H3. The van der Waals surface area contributed by atoms with E-state index in [1.165, 1.54) is 17.0 Å². The summed E-state index contributed by atoms with van der Waals surface area (Å²) in [7, 11) is 0. The van der Waals surface area contributed by atoms with Crippen molar-refractivity contribution in [2.24, 2.45) is 0 Å². The first kappa shape index (κ1) is 24.3. The molecule has 2 fully saturated rings. The Bertz CT molecular complexity index is 831. The number of aliphatic hydroxyl groups is 1. The average Bonchev–Trinajstić information content (AvgIpc) is 2.65. The molecule has 2 unspecified atom stereocenters. The first-order chi connectivity index (χ1) is 14.8. The topological polar surface area (TPSA) is 88.1 Å². The summed E-state index contributed by atoms with van der Waals surface area (Å²) in [5, 5.41) is 14.2. The molecule has 32 heavy (non-hydrogen) atoms. The van der Waals surface area contributed by atoms with Crippen molar-refractivity contribution in [2.75, 3.05) is 19.6 Å². The quantitative estimate of drug-likeness (QED) is 0.704. The van der Waals surface area contributed by atoms with Crippen molar-refractivity contribution in [3.05, 3.63) is 29.8 Å². The lowest BCUT2D eigenvalue weighted by Crippen LogP contribution is -2.61. The van der Waals surface area contributed by atoms with Gasteiger partial charge >= 0.3 is 12.5 Å². The van der Waals surface area contributed by atoms with E-state index in [1.54, 1.807) is 20.8 Å². The minimum atomic E-state index is -4.83. The lowest BCUT2D eigenvalue weighted by atomic mass is 9.66. The highest BCUT2D eigenvalue weighted by Gasteiger charge is 2.50. The van der Waals surface area contributed by atoms with Crippen LogP contribution in [0.2, 0.25) is 0 Å². The van der Waals surface area contributed by atoms with Crippen LogP contribution in [0.25, 0.3) is 0 Å². The molecule has 10 heteroatoms. The number of carbonyl (C=O) groups is 2. The van der Waals surface area contributed by atoms with Crippen molar-refractivity contribution >= 4 is 11.9 Å². The molecular formula is C22H29F3N2O5. The van der Waals surface area contributed by atoms with Crippen LogP contribution in [0.15, 0.2) is 24.3 Å². The molecular weight excluding hydrogens is 429 g/mol. The number of ether oxygens (including phenoxy) is 2. The molecule has 0 spiro atoms. The number of nitrogens with one attached hydrogen (secondary N) is 1. The van der Waals surface area contributed by atoms with E-state index in [1.807, 2.05) is 0 Å². The molecule has 2 aliphatic rings. The second-order valence-electron chi connectivity index (χ2n) is 9.30. The molecule has 1 aliphatic heterocycles. The molecule has 7 nitrogen and oxygen atoms in total. The Morgan fingerprint density at radius 3 is 2.31 bits per heavy atom. The maximum atomic E-state index is 13.7. The smallest absolute Gasteiger partial charge is 0.444 e. The molecule has 1 amide bonds. The van der Waals surface area contributed by atoms with Crippen molar-refractivity contribution in [3.63, 3.8) is 0 Å². The third-order valence-corrected chi connectivity index (χ3v) is 5.69. The molecule has 0 bridgehead atoms. The molecule has 2 N–H and O–H groups in total. The van der Waals surface area contributed by atoms with Gasteiger partial charge in [-0.05, 0) is 57.7 Å². The third-order valence-electron chi connectivity index (χ3n) is 5.69.